The van der Waals surface area contributed by atoms with Crippen molar-refractivity contribution >= 4 is 41.1 Å². The lowest BCUT2D eigenvalue weighted by atomic mass is 10.2. The molecule has 19 heavy (non-hydrogen) atoms. The molecule has 1 rings (SSSR count). The van der Waals surface area contributed by atoms with Crippen molar-refractivity contribution in [1.82, 2.24) is 10.6 Å². The van der Waals surface area contributed by atoms with Gasteiger partial charge in [0.1, 0.15) is 0 Å². The zero-order chi connectivity index (χ0) is 14.3. The molecule has 0 aliphatic carbocycles. The molecule has 0 aromatic heterocycles. The molecule has 0 bridgehead atoms. The van der Waals surface area contributed by atoms with Crippen molar-refractivity contribution in [1.29, 1.82) is 0 Å². The van der Waals surface area contributed by atoms with E-state index in [1.807, 2.05) is 0 Å². The van der Waals surface area contributed by atoms with Gasteiger partial charge in [-0.15, -0.1) is 0 Å². The monoisotopic (exact) mass is 300 g/mol. The smallest absolute Gasteiger partial charge is 0.244 e. The van der Waals surface area contributed by atoms with Crippen molar-refractivity contribution in [3.8, 4) is 0 Å². The Labute approximate surface area is 121 Å². The standard InChI is InChI=1S/C13H14Cl2N2O2/c1-9(18)16-7-8-17-13(19)6-5-10-11(14)3-2-4-12(10)15/h2-6H,7-8H2,1H3,(H,16,18)(H,17,19). The maximum absolute atomic E-state index is 11.5. The summed E-state index contributed by atoms with van der Waals surface area (Å²) in [6.45, 7) is 2.17. The molecule has 0 unspecified atom stereocenters. The minimum atomic E-state index is -0.277. The summed E-state index contributed by atoms with van der Waals surface area (Å²) in [6, 6.07) is 5.12. The van der Waals surface area contributed by atoms with Crippen molar-refractivity contribution in [2.45, 2.75) is 6.92 Å². The Hall–Kier alpha value is -1.52. The summed E-state index contributed by atoms with van der Waals surface area (Å²) in [6.07, 6.45) is 2.90. The Morgan fingerprint density at radius 1 is 1.16 bits per heavy atom. The predicted octanol–water partition coefficient (Wildman–Crippen LogP) is 2.26. The number of amides is 2. The quantitative estimate of drug-likeness (QED) is 0.647. The summed E-state index contributed by atoms with van der Waals surface area (Å²) in [7, 11) is 0. The molecule has 2 N–H and O–H groups in total. The molecule has 0 saturated heterocycles. The highest BCUT2D eigenvalue weighted by Gasteiger charge is 2.02. The van der Waals surface area contributed by atoms with Crippen molar-refractivity contribution in [2.75, 3.05) is 13.1 Å². The van der Waals surface area contributed by atoms with Gasteiger partial charge in [-0.05, 0) is 18.2 Å². The average Bonchev–Trinajstić information content (AvgIpc) is 2.34. The average molecular weight is 301 g/mol. The highest BCUT2D eigenvalue weighted by atomic mass is 35.5. The molecule has 0 saturated carbocycles. The van der Waals surface area contributed by atoms with Gasteiger partial charge in [0.15, 0.2) is 0 Å². The molecule has 1 aromatic carbocycles. The number of carbonyl (C=O) groups excluding carboxylic acids is 2. The van der Waals surface area contributed by atoms with Gasteiger partial charge < -0.3 is 10.6 Å². The Morgan fingerprint density at radius 2 is 1.74 bits per heavy atom. The number of halogens is 2. The van der Waals surface area contributed by atoms with Gasteiger partial charge in [0.05, 0.1) is 0 Å². The largest absolute Gasteiger partial charge is 0.355 e. The van der Waals surface area contributed by atoms with Crippen LogP contribution in [0.3, 0.4) is 0 Å². The van der Waals surface area contributed by atoms with Crippen LogP contribution in [-0.2, 0) is 9.59 Å². The molecule has 0 spiro atoms. The normalized spacial score (nSPS) is 10.5. The van der Waals surface area contributed by atoms with Crippen LogP contribution < -0.4 is 10.6 Å². The molecule has 0 atom stereocenters. The van der Waals surface area contributed by atoms with Gasteiger partial charge in [0.25, 0.3) is 0 Å². The van der Waals surface area contributed by atoms with Gasteiger partial charge in [-0.25, -0.2) is 0 Å². The van der Waals surface area contributed by atoms with Crippen molar-refractivity contribution < 1.29 is 9.59 Å². The lowest BCUT2D eigenvalue weighted by Crippen LogP contribution is -2.32. The van der Waals surface area contributed by atoms with Crippen molar-refractivity contribution in [2.24, 2.45) is 0 Å². The molecule has 0 heterocycles. The topological polar surface area (TPSA) is 58.2 Å². The van der Waals surface area contributed by atoms with Gasteiger partial charge in [-0.3, -0.25) is 9.59 Å². The Kier molecular flexibility index (Phi) is 6.39. The molecule has 4 nitrogen and oxygen atoms in total. The highest BCUT2D eigenvalue weighted by Crippen LogP contribution is 2.25. The third-order valence-electron chi connectivity index (χ3n) is 2.20. The number of nitrogens with one attached hydrogen (secondary N) is 2. The summed E-state index contributed by atoms with van der Waals surface area (Å²) >= 11 is 11.9. The number of rotatable bonds is 5. The van der Waals surface area contributed by atoms with E-state index >= 15 is 0 Å². The minimum Gasteiger partial charge on any atom is -0.355 e. The summed E-state index contributed by atoms with van der Waals surface area (Å²) in [4.78, 5) is 22.1. The van der Waals surface area contributed by atoms with E-state index in [0.29, 0.717) is 28.7 Å². The maximum atomic E-state index is 11.5. The fourth-order valence-corrected chi connectivity index (χ4v) is 1.84. The molecule has 0 fully saturated rings. The van der Waals surface area contributed by atoms with E-state index in [1.165, 1.54) is 13.0 Å². The first-order valence-electron chi connectivity index (χ1n) is 5.65. The van der Waals surface area contributed by atoms with Crippen LogP contribution in [0.15, 0.2) is 24.3 Å². The van der Waals surface area contributed by atoms with Gasteiger partial charge in [0, 0.05) is 41.7 Å². The highest BCUT2D eigenvalue weighted by molar-refractivity contribution is 6.37. The number of hydrogen-bond acceptors (Lipinski definition) is 2. The first-order chi connectivity index (χ1) is 9.00. The molecule has 0 aliphatic heterocycles. The third-order valence-corrected chi connectivity index (χ3v) is 2.86. The van der Waals surface area contributed by atoms with Gasteiger partial charge >= 0.3 is 0 Å². The number of hydrogen-bond donors (Lipinski definition) is 2. The molecule has 2 amide bonds. The van der Waals surface area contributed by atoms with Crippen molar-refractivity contribution in [3.05, 3.63) is 39.9 Å². The molecule has 0 radical (unpaired) electrons. The third kappa shape index (κ3) is 5.77. The van der Waals surface area contributed by atoms with Crippen molar-refractivity contribution in [3.63, 3.8) is 0 Å². The first kappa shape index (κ1) is 15.5. The molecule has 0 aliphatic rings. The zero-order valence-electron chi connectivity index (χ0n) is 10.4. The van der Waals surface area contributed by atoms with Crippen LogP contribution in [0.2, 0.25) is 10.0 Å². The van der Waals surface area contributed by atoms with Gasteiger partial charge in [-0.2, -0.15) is 0 Å². The van der Waals surface area contributed by atoms with E-state index in [9.17, 15) is 9.59 Å². The lowest BCUT2D eigenvalue weighted by Gasteiger charge is -2.03. The van der Waals surface area contributed by atoms with E-state index in [0.717, 1.165) is 0 Å². The Morgan fingerprint density at radius 3 is 2.32 bits per heavy atom. The van der Waals surface area contributed by atoms with E-state index in [4.69, 9.17) is 23.2 Å². The maximum Gasteiger partial charge on any atom is 0.244 e. The van der Waals surface area contributed by atoms with Crippen LogP contribution >= 0.6 is 23.2 Å². The summed E-state index contributed by atoms with van der Waals surface area (Å²) in [5, 5.41) is 6.16. The molecule has 102 valence electrons. The van der Waals surface area contributed by atoms with Gasteiger partial charge in [0.2, 0.25) is 11.8 Å². The molecular weight excluding hydrogens is 287 g/mol. The first-order valence-corrected chi connectivity index (χ1v) is 6.40. The SMILES string of the molecule is CC(=O)NCCNC(=O)C=Cc1c(Cl)cccc1Cl. The second-order valence-electron chi connectivity index (χ2n) is 3.74. The van der Waals surface area contributed by atoms with Crippen LogP contribution in [0.4, 0.5) is 0 Å². The second-order valence-corrected chi connectivity index (χ2v) is 4.56. The number of benzene rings is 1. The van der Waals surface area contributed by atoms with Crippen LogP contribution in [0, 0.1) is 0 Å². The van der Waals surface area contributed by atoms with Gasteiger partial charge in [-0.1, -0.05) is 29.3 Å². The Balaban J connectivity index is 2.48. The van der Waals surface area contributed by atoms with Crippen LogP contribution in [0.5, 0.6) is 0 Å². The zero-order valence-corrected chi connectivity index (χ0v) is 11.9. The summed E-state index contributed by atoms with van der Waals surface area (Å²) < 4.78 is 0. The fraction of sp³-hybridized carbons (Fsp3) is 0.231. The minimum absolute atomic E-state index is 0.132. The molecular formula is C13H14Cl2N2O2. The van der Waals surface area contributed by atoms with E-state index < -0.39 is 0 Å². The van der Waals surface area contributed by atoms with E-state index in [-0.39, 0.29) is 11.8 Å². The summed E-state index contributed by atoms with van der Waals surface area (Å²) in [5.74, 6) is -0.408. The summed E-state index contributed by atoms with van der Waals surface area (Å²) in [5.41, 5.74) is 0.600. The van der Waals surface area contributed by atoms with Crippen LogP contribution in [0.1, 0.15) is 12.5 Å². The molecule has 6 heteroatoms. The van der Waals surface area contributed by atoms with E-state index in [2.05, 4.69) is 10.6 Å². The van der Waals surface area contributed by atoms with Crippen LogP contribution in [0.25, 0.3) is 6.08 Å². The second kappa shape index (κ2) is 7.81. The van der Waals surface area contributed by atoms with Crippen LogP contribution in [-0.4, -0.2) is 24.9 Å². The predicted molar refractivity (Wildman–Crippen MR) is 77.2 cm³/mol. The fourth-order valence-electron chi connectivity index (χ4n) is 1.31. The lowest BCUT2D eigenvalue weighted by molar-refractivity contribution is -0.119. The number of carbonyl (C=O) groups is 2. The Bertz CT molecular complexity index is 481. The molecule has 1 aromatic rings. The van der Waals surface area contributed by atoms with E-state index in [1.54, 1.807) is 24.3 Å².